The lowest BCUT2D eigenvalue weighted by atomic mass is 10.1. The minimum absolute atomic E-state index is 0.230. The zero-order chi connectivity index (χ0) is 17.9. The Bertz CT molecular complexity index is 989. The van der Waals surface area contributed by atoms with Crippen LogP contribution in [0.3, 0.4) is 0 Å². The van der Waals surface area contributed by atoms with Gasteiger partial charge in [0.25, 0.3) is 11.5 Å². The van der Waals surface area contributed by atoms with Crippen LogP contribution in [0.5, 0.6) is 0 Å². The van der Waals surface area contributed by atoms with Gasteiger partial charge in [-0.05, 0) is 36.6 Å². The van der Waals surface area contributed by atoms with Crippen LogP contribution < -0.4 is 15.8 Å². The van der Waals surface area contributed by atoms with Crippen molar-refractivity contribution in [2.24, 2.45) is 0 Å². The molecule has 3 aromatic rings. The van der Waals surface area contributed by atoms with Crippen LogP contribution in [0.15, 0.2) is 53.3 Å². The third-order valence-electron chi connectivity index (χ3n) is 4.77. The molecule has 2 N–H and O–H groups in total. The van der Waals surface area contributed by atoms with Crippen molar-refractivity contribution < 1.29 is 4.79 Å². The standard InChI is InChI=1S/C20H20N4O2/c25-19-17-6-2-1-5-16(17)18(22-23-19)20(26)21-13-14-7-9-15(10-8-14)24-11-3-4-12-24/h1-2,5-10H,3-4,11-13H2,(H,21,26)(H,23,25). The first-order chi connectivity index (χ1) is 12.7. The van der Waals surface area contributed by atoms with Gasteiger partial charge in [0.05, 0.1) is 5.39 Å². The van der Waals surface area contributed by atoms with Crippen LogP contribution in [-0.2, 0) is 6.54 Å². The molecule has 0 bridgehead atoms. The molecule has 1 amide bonds. The number of rotatable bonds is 4. The lowest BCUT2D eigenvalue weighted by molar-refractivity contribution is 0.0946. The number of nitrogens with zero attached hydrogens (tertiary/aromatic N) is 2. The molecule has 1 aliphatic heterocycles. The van der Waals surface area contributed by atoms with E-state index in [4.69, 9.17) is 0 Å². The zero-order valence-electron chi connectivity index (χ0n) is 14.4. The minimum Gasteiger partial charge on any atom is -0.372 e. The maximum Gasteiger partial charge on any atom is 0.272 e. The Hall–Kier alpha value is -3.15. The molecule has 1 saturated heterocycles. The monoisotopic (exact) mass is 348 g/mol. The van der Waals surface area contributed by atoms with Gasteiger partial charge in [0.15, 0.2) is 5.69 Å². The van der Waals surface area contributed by atoms with Gasteiger partial charge >= 0.3 is 0 Å². The number of amides is 1. The first-order valence-electron chi connectivity index (χ1n) is 8.82. The predicted octanol–water partition coefficient (Wildman–Crippen LogP) is 2.45. The number of hydrogen-bond donors (Lipinski definition) is 2. The third-order valence-corrected chi connectivity index (χ3v) is 4.77. The van der Waals surface area contributed by atoms with Gasteiger partial charge in [0.1, 0.15) is 0 Å². The average Bonchev–Trinajstić information content (AvgIpc) is 3.22. The molecule has 26 heavy (non-hydrogen) atoms. The van der Waals surface area contributed by atoms with Crippen molar-refractivity contribution in [2.45, 2.75) is 19.4 Å². The van der Waals surface area contributed by atoms with Crippen molar-refractivity contribution in [3.05, 3.63) is 70.1 Å². The highest BCUT2D eigenvalue weighted by molar-refractivity contribution is 6.04. The number of nitrogens with one attached hydrogen (secondary N) is 2. The molecule has 0 atom stereocenters. The van der Waals surface area contributed by atoms with Crippen molar-refractivity contribution in [3.63, 3.8) is 0 Å². The van der Waals surface area contributed by atoms with Crippen LogP contribution in [0.2, 0.25) is 0 Å². The Morgan fingerprint density at radius 2 is 1.73 bits per heavy atom. The Balaban J connectivity index is 1.47. The van der Waals surface area contributed by atoms with Crippen molar-refractivity contribution in [1.82, 2.24) is 15.5 Å². The van der Waals surface area contributed by atoms with Crippen molar-refractivity contribution in [1.29, 1.82) is 0 Å². The summed E-state index contributed by atoms with van der Waals surface area (Å²) in [5.41, 5.74) is 2.18. The van der Waals surface area contributed by atoms with Crippen molar-refractivity contribution in [3.8, 4) is 0 Å². The SMILES string of the molecule is O=C(NCc1ccc(N2CCCC2)cc1)c1n[nH]c(=O)c2ccccc12. The molecule has 132 valence electrons. The first kappa shape index (κ1) is 16.3. The fourth-order valence-corrected chi connectivity index (χ4v) is 3.35. The van der Waals surface area contributed by atoms with Crippen LogP contribution in [0.4, 0.5) is 5.69 Å². The van der Waals surface area contributed by atoms with Crippen molar-refractivity contribution in [2.75, 3.05) is 18.0 Å². The Labute approximate surface area is 150 Å². The van der Waals surface area contributed by atoms with Gasteiger partial charge in [-0.15, -0.1) is 0 Å². The van der Waals surface area contributed by atoms with E-state index in [0.717, 1.165) is 18.7 Å². The summed E-state index contributed by atoms with van der Waals surface area (Å²) in [5, 5.41) is 10.2. The van der Waals surface area contributed by atoms with E-state index in [9.17, 15) is 9.59 Å². The summed E-state index contributed by atoms with van der Waals surface area (Å²) < 4.78 is 0. The number of aromatic amines is 1. The second kappa shape index (κ2) is 7.00. The third kappa shape index (κ3) is 3.18. The molecule has 1 fully saturated rings. The quantitative estimate of drug-likeness (QED) is 0.759. The molecule has 1 aliphatic rings. The molecule has 0 aliphatic carbocycles. The lowest BCUT2D eigenvalue weighted by Crippen LogP contribution is -2.26. The van der Waals surface area contributed by atoms with E-state index in [2.05, 4.69) is 32.5 Å². The molecule has 0 spiro atoms. The molecule has 6 heteroatoms. The molecule has 4 rings (SSSR count). The van der Waals surface area contributed by atoms with Crippen LogP contribution in [0.1, 0.15) is 28.9 Å². The molecule has 0 radical (unpaired) electrons. The second-order valence-corrected chi connectivity index (χ2v) is 6.49. The smallest absolute Gasteiger partial charge is 0.272 e. The van der Waals surface area contributed by atoms with Crippen LogP contribution in [-0.4, -0.2) is 29.2 Å². The van der Waals surface area contributed by atoms with E-state index >= 15 is 0 Å². The van der Waals surface area contributed by atoms with E-state index in [0.29, 0.717) is 17.3 Å². The molecule has 0 unspecified atom stereocenters. The molecular weight excluding hydrogens is 328 g/mol. The number of H-pyrrole nitrogens is 1. The Morgan fingerprint density at radius 1 is 1.04 bits per heavy atom. The minimum atomic E-state index is -0.305. The van der Waals surface area contributed by atoms with Gasteiger partial charge in [-0.25, -0.2) is 5.10 Å². The van der Waals surface area contributed by atoms with E-state index in [1.807, 2.05) is 12.1 Å². The summed E-state index contributed by atoms with van der Waals surface area (Å²) in [6.45, 7) is 2.64. The van der Waals surface area contributed by atoms with E-state index < -0.39 is 0 Å². The lowest BCUT2D eigenvalue weighted by Gasteiger charge is -2.17. The average molecular weight is 348 g/mol. The Morgan fingerprint density at radius 3 is 2.46 bits per heavy atom. The number of fused-ring (bicyclic) bond motifs is 1. The number of aromatic nitrogens is 2. The molecular formula is C20H20N4O2. The fraction of sp³-hybridized carbons (Fsp3) is 0.250. The molecule has 2 heterocycles. The summed E-state index contributed by atoms with van der Waals surface area (Å²) in [4.78, 5) is 26.7. The number of benzene rings is 2. The number of anilines is 1. The second-order valence-electron chi connectivity index (χ2n) is 6.49. The summed E-state index contributed by atoms with van der Waals surface area (Å²) in [7, 11) is 0. The van der Waals surface area contributed by atoms with Crippen molar-refractivity contribution >= 4 is 22.4 Å². The molecule has 0 saturated carbocycles. The van der Waals surface area contributed by atoms with Gasteiger partial charge < -0.3 is 10.2 Å². The molecule has 1 aromatic heterocycles. The zero-order valence-corrected chi connectivity index (χ0v) is 14.4. The fourth-order valence-electron chi connectivity index (χ4n) is 3.35. The highest BCUT2D eigenvalue weighted by atomic mass is 16.2. The van der Waals surface area contributed by atoms with Crippen LogP contribution in [0.25, 0.3) is 10.8 Å². The highest BCUT2D eigenvalue weighted by Crippen LogP contribution is 2.20. The van der Waals surface area contributed by atoms with Gasteiger partial charge in [0, 0.05) is 30.7 Å². The summed E-state index contributed by atoms with van der Waals surface area (Å²) in [5.74, 6) is -0.305. The van der Waals surface area contributed by atoms with E-state index in [1.54, 1.807) is 24.3 Å². The van der Waals surface area contributed by atoms with Gasteiger partial charge in [-0.1, -0.05) is 30.3 Å². The normalized spacial score (nSPS) is 13.9. The summed E-state index contributed by atoms with van der Waals surface area (Å²) >= 11 is 0. The Kier molecular flexibility index (Phi) is 4.39. The first-order valence-corrected chi connectivity index (χ1v) is 8.82. The summed E-state index contributed by atoms with van der Waals surface area (Å²) in [6, 6.07) is 15.2. The van der Waals surface area contributed by atoms with Gasteiger partial charge in [0.2, 0.25) is 0 Å². The largest absolute Gasteiger partial charge is 0.372 e. The maximum absolute atomic E-state index is 12.5. The molecule has 6 nitrogen and oxygen atoms in total. The van der Waals surface area contributed by atoms with E-state index in [-0.39, 0.29) is 17.2 Å². The van der Waals surface area contributed by atoms with Gasteiger partial charge in [-0.3, -0.25) is 9.59 Å². The topological polar surface area (TPSA) is 78.1 Å². The predicted molar refractivity (Wildman–Crippen MR) is 101 cm³/mol. The number of carbonyl (C=O) groups excluding carboxylic acids is 1. The number of carbonyl (C=O) groups is 1. The molecule has 2 aromatic carbocycles. The maximum atomic E-state index is 12.5. The van der Waals surface area contributed by atoms with Crippen LogP contribution in [0, 0.1) is 0 Å². The highest BCUT2D eigenvalue weighted by Gasteiger charge is 2.14. The summed E-state index contributed by atoms with van der Waals surface area (Å²) in [6.07, 6.45) is 2.50. The van der Waals surface area contributed by atoms with Gasteiger partial charge in [-0.2, -0.15) is 5.10 Å². The number of hydrogen-bond acceptors (Lipinski definition) is 4. The van der Waals surface area contributed by atoms with E-state index in [1.165, 1.54) is 18.5 Å². The van der Waals surface area contributed by atoms with Crippen LogP contribution >= 0.6 is 0 Å².